The van der Waals surface area contributed by atoms with Crippen LogP contribution >= 0.6 is 11.3 Å². The number of fused-ring (bicyclic) bond motifs is 1. The maximum Gasteiger partial charge on any atom is 0.270 e. The number of nitro groups is 1. The molecule has 2 heterocycles. The number of piperazine rings is 1. The molecule has 0 N–H and O–H groups in total. The fraction of sp³-hybridized carbons (Fsp3) is 0.292. The number of non-ortho nitro benzene ring substituents is 1. The summed E-state index contributed by atoms with van der Waals surface area (Å²) >= 11 is 0.986. The van der Waals surface area contributed by atoms with Gasteiger partial charge in [0.25, 0.3) is 11.6 Å². The average molecular weight is 542 g/mol. The van der Waals surface area contributed by atoms with Gasteiger partial charge in [-0.25, -0.2) is 8.42 Å². The Morgan fingerprint density at radius 3 is 2.43 bits per heavy atom. The highest BCUT2D eigenvalue weighted by Gasteiger charge is 2.27. The Labute approximate surface area is 216 Å². The molecule has 13 heteroatoms. The second-order valence-electron chi connectivity index (χ2n) is 8.33. The van der Waals surface area contributed by atoms with Gasteiger partial charge in [0.05, 0.1) is 21.7 Å². The molecule has 0 saturated carbocycles. The van der Waals surface area contributed by atoms with Crippen LogP contribution in [0.15, 0.2) is 53.5 Å². The normalized spacial score (nSPS) is 14.5. The van der Waals surface area contributed by atoms with E-state index in [4.69, 9.17) is 6.42 Å². The van der Waals surface area contributed by atoms with Gasteiger partial charge < -0.3 is 14.4 Å². The maximum absolute atomic E-state index is 12.6. The highest BCUT2D eigenvalue weighted by atomic mass is 32.2. The third-order valence-corrected chi connectivity index (χ3v) is 8.20. The van der Waals surface area contributed by atoms with E-state index < -0.39 is 38.1 Å². The summed E-state index contributed by atoms with van der Waals surface area (Å²) in [5, 5.41) is 11.1. The van der Waals surface area contributed by atoms with Gasteiger partial charge in [-0.15, -0.1) is 6.42 Å². The number of terminal acetylenes is 1. The minimum Gasteiger partial charge on any atom is -0.368 e. The molecule has 3 aromatic rings. The zero-order valence-corrected chi connectivity index (χ0v) is 21.3. The molecule has 4 rings (SSSR count). The van der Waals surface area contributed by atoms with E-state index in [9.17, 15) is 28.1 Å². The van der Waals surface area contributed by atoms with Crippen molar-refractivity contribution < 1.29 is 22.9 Å². The van der Waals surface area contributed by atoms with E-state index in [1.165, 1.54) is 27.7 Å². The van der Waals surface area contributed by atoms with Crippen molar-refractivity contribution >= 4 is 54.6 Å². The van der Waals surface area contributed by atoms with Crippen LogP contribution in [0.25, 0.3) is 10.2 Å². The first-order chi connectivity index (χ1) is 17.7. The maximum atomic E-state index is 12.6. The quantitative estimate of drug-likeness (QED) is 0.251. The van der Waals surface area contributed by atoms with Gasteiger partial charge in [0.2, 0.25) is 5.91 Å². The molecule has 1 saturated heterocycles. The molecule has 0 atom stereocenters. The Hall–Kier alpha value is -4.02. The Bertz CT molecular complexity index is 1560. The number of aromatic nitrogens is 1. The smallest absolute Gasteiger partial charge is 0.270 e. The lowest BCUT2D eigenvalue weighted by Crippen LogP contribution is -2.50. The number of para-hydroxylation sites is 1. The van der Waals surface area contributed by atoms with Gasteiger partial charge in [0, 0.05) is 44.0 Å². The van der Waals surface area contributed by atoms with Crippen LogP contribution in [0, 0.1) is 22.5 Å². The van der Waals surface area contributed by atoms with Gasteiger partial charge in [0.15, 0.2) is 14.6 Å². The summed E-state index contributed by atoms with van der Waals surface area (Å²) in [6, 6.07) is 13.9. The Morgan fingerprint density at radius 1 is 1.08 bits per heavy atom. The standard InChI is InChI=1S/C24H23N5O6S2/c1-2-10-28-20-9-8-19(29(32)33)15-21(20)36-24(28)25-22(30)16-37(34,35)17-23(31)27-13-11-26(12-14-27)18-6-4-3-5-7-18/h1,3-9,15H,10-14,16-17H2. The predicted molar refractivity (Wildman–Crippen MR) is 140 cm³/mol. The fourth-order valence-electron chi connectivity index (χ4n) is 4.02. The summed E-state index contributed by atoms with van der Waals surface area (Å²) in [5.41, 5.74) is 1.44. The zero-order chi connectivity index (χ0) is 26.6. The molecule has 11 nitrogen and oxygen atoms in total. The second kappa shape index (κ2) is 10.9. The molecule has 1 fully saturated rings. The van der Waals surface area contributed by atoms with Crippen LogP contribution in [0.5, 0.6) is 0 Å². The molecule has 0 unspecified atom stereocenters. The van der Waals surface area contributed by atoms with Gasteiger partial charge in [-0.3, -0.25) is 19.7 Å². The van der Waals surface area contributed by atoms with Crippen molar-refractivity contribution in [2.45, 2.75) is 6.54 Å². The molecular weight excluding hydrogens is 518 g/mol. The number of sulfone groups is 1. The van der Waals surface area contributed by atoms with Crippen LogP contribution in [0.3, 0.4) is 0 Å². The molecule has 192 valence electrons. The summed E-state index contributed by atoms with van der Waals surface area (Å²) in [7, 11) is -4.07. The van der Waals surface area contributed by atoms with Crippen molar-refractivity contribution in [2.75, 3.05) is 42.6 Å². The molecule has 1 aliphatic heterocycles. The first-order valence-corrected chi connectivity index (χ1v) is 13.9. The van der Waals surface area contributed by atoms with Crippen LogP contribution in [0.2, 0.25) is 0 Å². The van der Waals surface area contributed by atoms with E-state index in [2.05, 4.69) is 15.8 Å². The van der Waals surface area contributed by atoms with E-state index in [0.717, 1.165) is 17.0 Å². The zero-order valence-electron chi connectivity index (χ0n) is 19.6. The van der Waals surface area contributed by atoms with Gasteiger partial charge in [-0.05, 0) is 18.2 Å². The topological polar surface area (TPSA) is 135 Å². The van der Waals surface area contributed by atoms with Crippen LogP contribution in [-0.2, 0) is 26.0 Å². The number of thiazole rings is 1. The second-order valence-corrected chi connectivity index (χ2v) is 11.4. The molecule has 2 amide bonds. The van der Waals surface area contributed by atoms with Crippen LogP contribution in [0.4, 0.5) is 11.4 Å². The van der Waals surface area contributed by atoms with Crippen molar-refractivity contribution in [1.29, 1.82) is 0 Å². The Balaban J connectivity index is 1.43. The summed E-state index contributed by atoms with van der Waals surface area (Å²) in [5.74, 6) is -0.805. The summed E-state index contributed by atoms with van der Waals surface area (Å²) in [6.07, 6.45) is 5.42. The van der Waals surface area contributed by atoms with Crippen LogP contribution < -0.4 is 9.70 Å². The summed E-state index contributed by atoms with van der Waals surface area (Å²) < 4.78 is 27.2. The monoisotopic (exact) mass is 541 g/mol. The Kier molecular flexibility index (Phi) is 7.70. The number of anilines is 1. The average Bonchev–Trinajstić information content (AvgIpc) is 3.20. The van der Waals surface area contributed by atoms with Gasteiger partial charge in [-0.2, -0.15) is 4.99 Å². The molecule has 0 spiro atoms. The molecule has 0 bridgehead atoms. The third kappa shape index (κ3) is 6.22. The van der Waals surface area contributed by atoms with Gasteiger partial charge >= 0.3 is 0 Å². The summed E-state index contributed by atoms with van der Waals surface area (Å²) in [6.45, 7) is 1.93. The number of nitrogens with zero attached hydrogens (tertiary/aromatic N) is 5. The van der Waals surface area contributed by atoms with Crippen molar-refractivity contribution in [3.8, 4) is 12.3 Å². The lowest BCUT2D eigenvalue weighted by atomic mass is 10.2. The largest absolute Gasteiger partial charge is 0.368 e. The first-order valence-electron chi connectivity index (χ1n) is 11.2. The third-order valence-electron chi connectivity index (χ3n) is 5.79. The van der Waals surface area contributed by atoms with Gasteiger partial charge in [0.1, 0.15) is 11.5 Å². The number of carbonyl (C=O) groups is 2. The SMILES string of the molecule is C#CCn1c(=NC(=O)CS(=O)(=O)CC(=O)N2CCN(c3ccccc3)CC2)sc2cc([N+](=O)[O-])ccc21. The van der Waals surface area contributed by atoms with E-state index in [1.54, 1.807) is 0 Å². The van der Waals surface area contributed by atoms with Crippen molar-refractivity contribution in [3.63, 3.8) is 0 Å². The van der Waals surface area contributed by atoms with E-state index >= 15 is 0 Å². The summed E-state index contributed by atoms with van der Waals surface area (Å²) in [4.78, 5) is 43.4. The van der Waals surface area contributed by atoms with E-state index in [1.807, 2.05) is 30.3 Å². The molecule has 1 aliphatic rings. The number of nitro benzene ring substituents is 1. The molecule has 2 aromatic carbocycles. The molecule has 1 aromatic heterocycles. The molecular formula is C24H23N5O6S2. The van der Waals surface area contributed by atoms with E-state index in [0.29, 0.717) is 36.4 Å². The minimum absolute atomic E-state index is 0.0319. The highest BCUT2D eigenvalue weighted by Crippen LogP contribution is 2.23. The van der Waals surface area contributed by atoms with Crippen LogP contribution in [0.1, 0.15) is 0 Å². The fourth-order valence-corrected chi connectivity index (χ4v) is 6.20. The van der Waals surface area contributed by atoms with Crippen molar-refractivity contribution in [3.05, 3.63) is 63.4 Å². The lowest BCUT2D eigenvalue weighted by Gasteiger charge is -2.36. The number of benzene rings is 2. The minimum atomic E-state index is -4.07. The number of hydrogen-bond acceptors (Lipinski definition) is 8. The number of hydrogen-bond donors (Lipinski definition) is 0. The predicted octanol–water partition coefficient (Wildman–Crippen LogP) is 1.44. The Morgan fingerprint density at radius 2 is 1.78 bits per heavy atom. The number of rotatable bonds is 7. The van der Waals surface area contributed by atoms with Gasteiger partial charge in [-0.1, -0.05) is 35.5 Å². The molecule has 0 radical (unpaired) electrons. The van der Waals surface area contributed by atoms with E-state index in [-0.39, 0.29) is 17.0 Å². The highest BCUT2D eigenvalue weighted by molar-refractivity contribution is 7.92. The van der Waals surface area contributed by atoms with Crippen molar-refractivity contribution in [2.24, 2.45) is 4.99 Å². The van der Waals surface area contributed by atoms with Crippen molar-refractivity contribution in [1.82, 2.24) is 9.47 Å². The number of carbonyl (C=O) groups excluding carboxylic acids is 2. The molecule has 0 aliphatic carbocycles. The van der Waals surface area contributed by atoms with Crippen LogP contribution in [-0.4, -0.2) is 72.3 Å². The molecule has 37 heavy (non-hydrogen) atoms. The lowest BCUT2D eigenvalue weighted by molar-refractivity contribution is -0.384. The first kappa shape index (κ1) is 26.1. The number of amides is 2.